The molecule has 1 aromatic carbocycles. The van der Waals surface area contributed by atoms with Gasteiger partial charge < -0.3 is 10.6 Å². The minimum absolute atomic E-state index is 0.0563. The van der Waals surface area contributed by atoms with E-state index < -0.39 is 9.84 Å². The molecule has 128 valence electrons. The van der Waals surface area contributed by atoms with E-state index in [0.29, 0.717) is 18.4 Å². The molecule has 2 N–H and O–H groups in total. The molecule has 1 aliphatic carbocycles. The molecule has 1 aliphatic rings. The lowest BCUT2D eigenvalue weighted by molar-refractivity contribution is 0.581. The highest BCUT2D eigenvalue weighted by atomic mass is 79.9. The quantitative estimate of drug-likeness (QED) is 0.566. The molecule has 1 fully saturated rings. The molecule has 1 saturated carbocycles. The highest BCUT2D eigenvalue weighted by molar-refractivity contribution is 9.10. The number of benzene rings is 1. The van der Waals surface area contributed by atoms with Crippen LogP contribution in [0.4, 0.5) is 0 Å². The van der Waals surface area contributed by atoms with Gasteiger partial charge in [0.1, 0.15) is 9.84 Å². The number of nitrogens with zero attached hydrogens (tertiary/aromatic N) is 1. The summed E-state index contributed by atoms with van der Waals surface area (Å²) in [4.78, 5) is 4.23. The van der Waals surface area contributed by atoms with Gasteiger partial charge in [0.25, 0.3) is 0 Å². The first-order valence-electron chi connectivity index (χ1n) is 7.71. The Labute approximate surface area is 147 Å². The van der Waals surface area contributed by atoms with Crippen LogP contribution in [0.5, 0.6) is 0 Å². The van der Waals surface area contributed by atoms with Gasteiger partial charge in [-0.3, -0.25) is 4.99 Å². The van der Waals surface area contributed by atoms with Crippen molar-refractivity contribution in [3.63, 3.8) is 0 Å². The van der Waals surface area contributed by atoms with Gasteiger partial charge in [0.2, 0.25) is 0 Å². The van der Waals surface area contributed by atoms with Crippen molar-refractivity contribution in [2.24, 2.45) is 4.99 Å². The molecule has 5 nitrogen and oxygen atoms in total. The average molecular weight is 402 g/mol. The van der Waals surface area contributed by atoms with Crippen LogP contribution in [0.1, 0.15) is 31.2 Å². The maximum atomic E-state index is 11.2. The summed E-state index contributed by atoms with van der Waals surface area (Å²) >= 11 is 3.45. The Kier molecular flexibility index (Phi) is 6.08. The van der Waals surface area contributed by atoms with Crippen molar-refractivity contribution >= 4 is 31.7 Å². The second kappa shape index (κ2) is 7.66. The van der Waals surface area contributed by atoms with Crippen LogP contribution < -0.4 is 10.6 Å². The number of hydrogen-bond donors (Lipinski definition) is 2. The molecule has 3 atom stereocenters. The van der Waals surface area contributed by atoms with E-state index in [4.69, 9.17) is 0 Å². The summed E-state index contributed by atoms with van der Waals surface area (Å²) in [6.45, 7) is 1.97. The molecule has 7 heteroatoms. The standard InChI is InChI=1S/C16H24BrN3O2S/c1-11(8-9-23(3,21)22)19-16(18-2)20-15-10-14(15)12-4-6-13(17)7-5-12/h4-7,11,14-15H,8-10H2,1-3H3,(H2,18,19,20). The summed E-state index contributed by atoms with van der Waals surface area (Å²) in [7, 11) is -1.19. The van der Waals surface area contributed by atoms with Gasteiger partial charge in [-0.2, -0.15) is 0 Å². The summed E-state index contributed by atoms with van der Waals surface area (Å²) in [5, 5.41) is 6.67. The van der Waals surface area contributed by atoms with Gasteiger partial charge in [-0.05, 0) is 37.5 Å². The van der Waals surface area contributed by atoms with E-state index in [1.165, 1.54) is 11.8 Å². The van der Waals surface area contributed by atoms with E-state index in [0.717, 1.165) is 16.9 Å². The lowest BCUT2D eigenvalue weighted by Crippen LogP contribution is -2.44. The van der Waals surface area contributed by atoms with Crippen LogP contribution in [0.2, 0.25) is 0 Å². The SMILES string of the molecule is CN=C(NC(C)CCS(C)(=O)=O)NC1CC1c1ccc(Br)cc1. The van der Waals surface area contributed by atoms with Crippen LogP contribution in [0.15, 0.2) is 33.7 Å². The number of sulfone groups is 1. The summed E-state index contributed by atoms with van der Waals surface area (Å²) in [6.07, 6.45) is 2.92. The second-order valence-corrected chi connectivity index (χ2v) is 9.36. The molecule has 1 aromatic rings. The molecule has 0 aromatic heterocycles. The van der Waals surface area contributed by atoms with E-state index in [2.05, 4.69) is 55.8 Å². The molecule has 0 bridgehead atoms. The molecule has 0 amide bonds. The van der Waals surface area contributed by atoms with Crippen molar-refractivity contribution in [1.82, 2.24) is 10.6 Å². The molecule has 2 rings (SSSR count). The summed E-state index contributed by atoms with van der Waals surface area (Å²) in [5.74, 6) is 1.42. The third-order valence-electron chi connectivity index (χ3n) is 3.94. The minimum atomic E-state index is -2.92. The second-order valence-electron chi connectivity index (χ2n) is 6.18. The lowest BCUT2D eigenvalue weighted by Gasteiger charge is -2.17. The molecule has 0 radical (unpaired) electrons. The fourth-order valence-electron chi connectivity index (χ4n) is 2.48. The minimum Gasteiger partial charge on any atom is -0.354 e. The zero-order valence-electron chi connectivity index (χ0n) is 13.7. The smallest absolute Gasteiger partial charge is 0.191 e. The topological polar surface area (TPSA) is 70.6 Å². The Morgan fingerprint density at radius 2 is 2.04 bits per heavy atom. The van der Waals surface area contributed by atoms with Crippen molar-refractivity contribution in [1.29, 1.82) is 0 Å². The summed E-state index contributed by atoms with van der Waals surface area (Å²) in [6, 6.07) is 8.84. The fourth-order valence-corrected chi connectivity index (χ4v) is 3.52. The predicted molar refractivity (Wildman–Crippen MR) is 98.7 cm³/mol. The zero-order chi connectivity index (χ0) is 17.0. The highest BCUT2D eigenvalue weighted by Gasteiger charge is 2.39. The van der Waals surface area contributed by atoms with Crippen LogP contribution in [0.25, 0.3) is 0 Å². The maximum absolute atomic E-state index is 11.2. The number of rotatable bonds is 6. The van der Waals surface area contributed by atoms with E-state index >= 15 is 0 Å². The first kappa shape index (κ1) is 18.3. The van der Waals surface area contributed by atoms with Crippen LogP contribution in [-0.4, -0.2) is 45.5 Å². The summed E-state index contributed by atoms with van der Waals surface area (Å²) in [5.41, 5.74) is 1.33. The van der Waals surface area contributed by atoms with Crippen LogP contribution in [-0.2, 0) is 9.84 Å². The average Bonchev–Trinajstić information content (AvgIpc) is 3.23. The lowest BCUT2D eigenvalue weighted by atomic mass is 10.1. The third-order valence-corrected chi connectivity index (χ3v) is 5.45. The van der Waals surface area contributed by atoms with Crippen molar-refractivity contribution < 1.29 is 8.42 Å². The summed E-state index contributed by atoms with van der Waals surface area (Å²) < 4.78 is 23.5. The number of hydrogen-bond acceptors (Lipinski definition) is 3. The van der Waals surface area contributed by atoms with Crippen LogP contribution in [0, 0.1) is 0 Å². The van der Waals surface area contributed by atoms with E-state index in [1.807, 2.05) is 6.92 Å². The number of aliphatic imine (C=N–C) groups is 1. The molecule has 23 heavy (non-hydrogen) atoms. The molecule has 0 aliphatic heterocycles. The van der Waals surface area contributed by atoms with E-state index in [-0.39, 0.29) is 11.8 Å². The van der Waals surface area contributed by atoms with Gasteiger partial charge >= 0.3 is 0 Å². The van der Waals surface area contributed by atoms with Crippen LogP contribution in [0.3, 0.4) is 0 Å². The highest BCUT2D eigenvalue weighted by Crippen LogP contribution is 2.40. The number of halogens is 1. The van der Waals surface area contributed by atoms with E-state index in [1.54, 1.807) is 7.05 Å². The van der Waals surface area contributed by atoms with Gasteiger partial charge in [-0.1, -0.05) is 28.1 Å². The molecule has 3 unspecified atom stereocenters. The Morgan fingerprint density at radius 1 is 1.39 bits per heavy atom. The van der Waals surface area contributed by atoms with Crippen molar-refractivity contribution in [3.8, 4) is 0 Å². The van der Waals surface area contributed by atoms with Crippen molar-refractivity contribution in [2.75, 3.05) is 19.1 Å². The van der Waals surface area contributed by atoms with Gasteiger partial charge in [0, 0.05) is 35.8 Å². The fraction of sp³-hybridized carbons (Fsp3) is 0.562. The van der Waals surface area contributed by atoms with E-state index in [9.17, 15) is 8.42 Å². The third kappa shape index (κ3) is 6.14. The molecular weight excluding hydrogens is 378 g/mol. The normalized spacial score (nSPS) is 22.5. The van der Waals surface area contributed by atoms with Gasteiger partial charge in [0.05, 0.1) is 5.75 Å². The molecule has 0 spiro atoms. The molecule has 0 saturated heterocycles. The van der Waals surface area contributed by atoms with Crippen molar-refractivity contribution in [2.45, 2.75) is 37.8 Å². The van der Waals surface area contributed by atoms with Crippen LogP contribution >= 0.6 is 15.9 Å². The Balaban J connectivity index is 1.81. The van der Waals surface area contributed by atoms with Gasteiger partial charge in [0.15, 0.2) is 5.96 Å². The van der Waals surface area contributed by atoms with Gasteiger partial charge in [-0.15, -0.1) is 0 Å². The first-order valence-corrected chi connectivity index (χ1v) is 10.6. The maximum Gasteiger partial charge on any atom is 0.191 e. The Morgan fingerprint density at radius 3 is 2.61 bits per heavy atom. The first-order chi connectivity index (χ1) is 10.8. The Hall–Kier alpha value is -1.08. The predicted octanol–water partition coefficient (Wildman–Crippen LogP) is 2.29. The number of guanidine groups is 1. The van der Waals surface area contributed by atoms with Crippen molar-refractivity contribution in [3.05, 3.63) is 34.3 Å². The Bertz CT molecular complexity index is 658. The molecule has 0 heterocycles. The monoisotopic (exact) mass is 401 g/mol. The molecular formula is C16H24BrN3O2S. The number of nitrogens with one attached hydrogen (secondary N) is 2. The largest absolute Gasteiger partial charge is 0.354 e. The zero-order valence-corrected chi connectivity index (χ0v) is 16.1. The van der Waals surface area contributed by atoms with Gasteiger partial charge in [-0.25, -0.2) is 8.42 Å².